The maximum Gasteiger partial charge on any atom is 0.312 e. The Morgan fingerprint density at radius 2 is 1.67 bits per heavy atom. The van der Waals surface area contributed by atoms with Gasteiger partial charge < -0.3 is 13.9 Å². The second kappa shape index (κ2) is 10.5. The average Bonchev–Trinajstić information content (AvgIpc) is 2.77. The molecule has 4 nitrogen and oxygen atoms in total. The van der Waals surface area contributed by atoms with Crippen molar-refractivity contribution >= 4 is 14.3 Å². The monoisotopic (exact) mass is 472 g/mol. The summed E-state index contributed by atoms with van der Waals surface area (Å²) < 4.78 is 19.1. The van der Waals surface area contributed by atoms with Crippen molar-refractivity contribution in [3.63, 3.8) is 0 Å². The minimum absolute atomic E-state index is 0.0677. The van der Waals surface area contributed by atoms with Gasteiger partial charge in [0.25, 0.3) is 0 Å². The third-order valence-corrected chi connectivity index (χ3v) is 14.5. The van der Waals surface area contributed by atoms with E-state index in [1.54, 1.807) is 0 Å². The van der Waals surface area contributed by atoms with Gasteiger partial charge in [0.1, 0.15) is 0 Å². The van der Waals surface area contributed by atoms with Crippen molar-refractivity contribution < 1.29 is 18.7 Å². The molecule has 3 aliphatic carbocycles. The van der Waals surface area contributed by atoms with Gasteiger partial charge in [-0.2, -0.15) is 0 Å². The third kappa shape index (κ3) is 4.87. The molecule has 1 saturated carbocycles. The fourth-order valence-electron chi connectivity index (χ4n) is 6.99. The summed E-state index contributed by atoms with van der Waals surface area (Å²) in [7, 11) is -0.712. The summed E-state index contributed by atoms with van der Waals surface area (Å²) in [6, 6.07) is 10.2. The highest BCUT2D eigenvalue weighted by Crippen LogP contribution is 2.56. The van der Waals surface area contributed by atoms with E-state index in [1.807, 2.05) is 18.2 Å². The van der Waals surface area contributed by atoms with Crippen molar-refractivity contribution in [2.24, 2.45) is 17.8 Å². The molecule has 184 valence electrons. The first kappa shape index (κ1) is 26.2. The van der Waals surface area contributed by atoms with Crippen LogP contribution >= 0.6 is 0 Å². The van der Waals surface area contributed by atoms with Gasteiger partial charge in [-0.1, -0.05) is 83.5 Å². The molecular weight excluding hydrogens is 428 g/mol. The summed E-state index contributed by atoms with van der Waals surface area (Å²) in [5.74, 6) is -0.0820. The molecule has 0 saturated heterocycles. The second-order valence-corrected chi connectivity index (χ2v) is 16.4. The van der Waals surface area contributed by atoms with Gasteiger partial charge in [-0.3, -0.25) is 4.79 Å². The molecule has 0 heterocycles. The number of carbonyl (C=O) groups excluding carboxylic acids is 1. The zero-order valence-corrected chi connectivity index (χ0v) is 22.9. The second-order valence-electron chi connectivity index (χ2n) is 11.1. The first-order valence-corrected chi connectivity index (χ1v) is 14.8. The molecule has 0 radical (unpaired) electrons. The number of esters is 1. The third-order valence-electron chi connectivity index (χ3n) is 8.33. The number of ether oxygens (including phenoxy) is 2. The van der Waals surface area contributed by atoms with Gasteiger partial charge in [0.15, 0.2) is 0 Å². The van der Waals surface area contributed by atoms with Crippen LogP contribution in [-0.2, 0) is 25.3 Å². The molecule has 0 aromatic heterocycles. The summed E-state index contributed by atoms with van der Waals surface area (Å²) in [5.41, 5.74) is 3.24. The van der Waals surface area contributed by atoms with E-state index in [9.17, 15) is 4.79 Å². The fourth-order valence-corrected chi connectivity index (χ4v) is 12.6. The topological polar surface area (TPSA) is 44.8 Å². The van der Waals surface area contributed by atoms with Crippen molar-refractivity contribution in [1.29, 1.82) is 0 Å². The van der Waals surface area contributed by atoms with Crippen LogP contribution < -0.4 is 0 Å². The van der Waals surface area contributed by atoms with Crippen LogP contribution in [0.4, 0.5) is 0 Å². The van der Waals surface area contributed by atoms with Gasteiger partial charge in [0.2, 0.25) is 8.32 Å². The van der Waals surface area contributed by atoms with Crippen LogP contribution in [0.5, 0.6) is 0 Å². The number of hydrogen-bond donors (Lipinski definition) is 0. The highest BCUT2D eigenvalue weighted by molar-refractivity contribution is 6.77. The molecule has 0 aliphatic heterocycles. The molecule has 4 rings (SSSR count). The lowest BCUT2D eigenvalue weighted by atomic mass is 9.57. The zero-order chi connectivity index (χ0) is 24.4. The van der Waals surface area contributed by atoms with Gasteiger partial charge in [0.05, 0.1) is 31.8 Å². The number of hydrogen-bond acceptors (Lipinski definition) is 4. The largest absolute Gasteiger partial charge is 0.469 e. The Morgan fingerprint density at radius 3 is 2.18 bits per heavy atom. The zero-order valence-electron chi connectivity index (χ0n) is 21.9. The van der Waals surface area contributed by atoms with Gasteiger partial charge in [-0.25, -0.2) is 0 Å². The fraction of sp³-hybridized carbons (Fsp3) is 0.679. The summed E-state index contributed by atoms with van der Waals surface area (Å²) in [6.45, 7) is 17.1. The van der Waals surface area contributed by atoms with Gasteiger partial charge in [-0.15, -0.1) is 0 Å². The number of carbonyl (C=O) groups is 1. The molecular formula is C28H44O4Si. The van der Waals surface area contributed by atoms with Gasteiger partial charge in [-0.05, 0) is 47.9 Å². The first-order valence-electron chi connectivity index (χ1n) is 12.7. The SMILES string of the molecule is COC(=O)[C@H]1[C@H](COCc2ccccc2)[C@@H]2CC[C@@]1(O[Si](C(C)C)(C(C)C)C(C)C)C=C2C. The predicted molar refractivity (Wildman–Crippen MR) is 136 cm³/mol. The molecule has 0 unspecified atom stereocenters. The lowest BCUT2D eigenvalue weighted by molar-refractivity contribution is -0.166. The molecule has 5 heteroatoms. The maximum absolute atomic E-state index is 13.3. The van der Waals surface area contributed by atoms with Crippen molar-refractivity contribution in [3.05, 3.63) is 47.5 Å². The predicted octanol–water partition coefficient (Wildman–Crippen LogP) is 6.91. The number of fused-ring (bicyclic) bond motifs is 2. The lowest BCUT2D eigenvalue weighted by Gasteiger charge is -2.58. The van der Waals surface area contributed by atoms with E-state index in [-0.39, 0.29) is 17.8 Å². The number of benzene rings is 1. The molecule has 0 spiro atoms. The van der Waals surface area contributed by atoms with Crippen LogP contribution in [0.3, 0.4) is 0 Å². The van der Waals surface area contributed by atoms with Crippen molar-refractivity contribution in [2.75, 3.05) is 13.7 Å². The van der Waals surface area contributed by atoms with Crippen LogP contribution in [0.2, 0.25) is 16.6 Å². The Morgan fingerprint density at radius 1 is 1.06 bits per heavy atom. The summed E-state index contributed by atoms with van der Waals surface area (Å²) >= 11 is 0. The molecule has 3 aliphatic rings. The number of rotatable bonds is 10. The number of allylic oxidation sites excluding steroid dienone is 1. The Labute approximate surface area is 202 Å². The summed E-state index contributed by atoms with van der Waals surface area (Å²) in [4.78, 5) is 13.3. The van der Waals surface area contributed by atoms with E-state index >= 15 is 0 Å². The Hall–Kier alpha value is -1.43. The van der Waals surface area contributed by atoms with Gasteiger partial charge in [0, 0.05) is 5.92 Å². The molecule has 0 amide bonds. The molecule has 4 atom stereocenters. The van der Waals surface area contributed by atoms with Crippen LogP contribution in [0.25, 0.3) is 0 Å². The van der Waals surface area contributed by atoms with Crippen LogP contribution in [-0.4, -0.2) is 33.6 Å². The molecule has 0 N–H and O–H groups in total. The minimum Gasteiger partial charge on any atom is -0.469 e. The minimum atomic E-state index is -2.22. The van der Waals surface area contributed by atoms with E-state index in [0.29, 0.717) is 35.8 Å². The average molecular weight is 473 g/mol. The smallest absolute Gasteiger partial charge is 0.312 e. The number of methoxy groups -OCH3 is 1. The Bertz CT molecular complexity index is 810. The summed E-state index contributed by atoms with van der Waals surface area (Å²) in [6.07, 6.45) is 4.21. The van der Waals surface area contributed by atoms with Crippen molar-refractivity contribution in [3.8, 4) is 0 Å². The first-order chi connectivity index (χ1) is 15.6. The van der Waals surface area contributed by atoms with Crippen LogP contribution in [0.15, 0.2) is 42.0 Å². The molecule has 33 heavy (non-hydrogen) atoms. The van der Waals surface area contributed by atoms with Crippen LogP contribution in [0, 0.1) is 17.8 Å². The quantitative estimate of drug-likeness (QED) is 0.211. The maximum atomic E-state index is 13.3. The highest BCUT2D eigenvalue weighted by atomic mass is 28.4. The Balaban J connectivity index is 1.96. The van der Waals surface area contributed by atoms with Crippen LogP contribution in [0.1, 0.15) is 66.9 Å². The van der Waals surface area contributed by atoms with E-state index in [0.717, 1.165) is 18.4 Å². The molecule has 1 aromatic rings. The standard InChI is InChI=1S/C28H44O4Si/c1-19(2)33(20(3)4,21(5)6)32-28-15-14-24(22(7)16-28)25(26(28)27(29)30-8)18-31-17-23-12-10-9-11-13-23/h9-13,16,19-21,24-26H,14-15,17-18H2,1-8H3/t24-,25-,26-,28-/m1/s1. The van der Waals surface area contributed by atoms with E-state index < -0.39 is 13.9 Å². The van der Waals surface area contributed by atoms with E-state index in [2.05, 4.69) is 66.7 Å². The van der Waals surface area contributed by atoms with E-state index in [1.165, 1.54) is 12.7 Å². The van der Waals surface area contributed by atoms with E-state index in [4.69, 9.17) is 13.9 Å². The Kier molecular flexibility index (Phi) is 8.29. The van der Waals surface area contributed by atoms with Crippen molar-refractivity contribution in [1.82, 2.24) is 0 Å². The van der Waals surface area contributed by atoms with Crippen molar-refractivity contribution in [2.45, 2.75) is 90.1 Å². The lowest BCUT2D eigenvalue weighted by Crippen LogP contribution is -2.63. The highest BCUT2D eigenvalue weighted by Gasteiger charge is 2.61. The molecule has 1 fully saturated rings. The summed E-state index contributed by atoms with van der Waals surface area (Å²) in [5, 5.41) is 0. The molecule has 2 bridgehead atoms. The normalized spacial score (nSPS) is 27.4. The molecule has 1 aromatic carbocycles. The van der Waals surface area contributed by atoms with Gasteiger partial charge >= 0.3 is 5.97 Å².